The summed E-state index contributed by atoms with van der Waals surface area (Å²) in [4.78, 5) is 38.1. The molecule has 0 aliphatic rings. The summed E-state index contributed by atoms with van der Waals surface area (Å²) < 4.78 is 2.83. The highest BCUT2D eigenvalue weighted by Crippen LogP contribution is 2.16. The molecule has 1 aromatic heterocycles. The van der Waals surface area contributed by atoms with Gasteiger partial charge in [-0.3, -0.25) is 23.9 Å². The highest BCUT2D eigenvalue weighted by Gasteiger charge is 2.14. The van der Waals surface area contributed by atoms with E-state index < -0.39 is 11.6 Å². The van der Waals surface area contributed by atoms with Gasteiger partial charge in [0, 0.05) is 17.1 Å². The van der Waals surface area contributed by atoms with Crippen molar-refractivity contribution in [2.24, 2.45) is 0 Å². The van der Waals surface area contributed by atoms with Gasteiger partial charge in [0.1, 0.15) is 0 Å². The molecule has 1 amide bonds. The van der Waals surface area contributed by atoms with Gasteiger partial charge in [-0.25, -0.2) is 10.3 Å². The molecule has 0 bridgehead atoms. The van der Waals surface area contributed by atoms with E-state index >= 15 is 0 Å². The van der Waals surface area contributed by atoms with E-state index in [1.165, 1.54) is 4.57 Å². The Morgan fingerprint density at radius 1 is 0.912 bits per heavy atom. The quantitative estimate of drug-likeness (QED) is 0.242. The van der Waals surface area contributed by atoms with Gasteiger partial charge in [0.2, 0.25) is 0 Å². The number of aryl methyl sites for hydroxylation is 1. The second-order valence-corrected chi connectivity index (χ2v) is 8.27. The summed E-state index contributed by atoms with van der Waals surface area (Å²) in [7, 11) is 0. The zero-order valence-corrected chi connectivity index (χ0v) is 19.0. The SMILES string of the molecule is C=C(C(=O)NO)c1ccc(Cn2c(=O)n(CCc3ccc(Cl)cc3)c(=O)c3ccccc32)cc1. The number of hydrogen-bond acceptors (Lipinski definition) is 4. The van der Waals surface area contributed by atoms with Crippen LogP contribution in [0.25, 0.3) is 16.5 Å². The zero-order chi connectivity index (χ0) is 24.2. The fraction of sp³-hybridized carbons (Fsp3) is 0.115. The van der Waals surface area contributed by atoms with Gasteiger partial charge in [0.15, 0.2) is 0 Å². The maximum atomic E-state index is 13.4. The average Bonchev–Trinajstić information content (AvgIpc) is 2.87. The third-order valence-corrected chi connectivity index (χ3v) is 5.94. The lowest BCUT2D eigenvalue weighted by Crippen LogP contribution is -2.40. The Morgan fingerprint density at radius 2 is 1.56 bits per heavy atom. The van der Waals surface area contributed by atoms with Gasteiger partial charge in [0.25, 0.3) is 11.5 Å². The summed E-state index contributed by atoms with van der Waals surface area (Å²) in [6.45, 7) is 4.13. The Labute approximate surface area is 200 Å². The number of carbonyl (C=O) groups excluding carboxylic acids is 1. The molecule has 172 valence electrons. The van der Waals surface area contributed by atoms with E-state index in [2.05, 4.69) is 6.58 Å². The molecule has 7 nitrogen and oxygen atoms in total. The van der Waals surface area contributed by atoms with E-state index in [4.69, 9.17) is 16.8 Å². The van der Waals surface area contributed by atoms with Crippen molar-refractivity contribution in [3.63, 3.8) is 0 Å². The van der Waals surface area contributed by atoms with Crippen LogP contribution in [0.5, 0.6) is 0 Å². The minimum Gasteiger partial charge on any atom is -0.289 e. The molecule has 4 aromatic rings. The zero-order valence-electron chi connectivity index (χ0n) is 18.2. The summed E-state index contributed by atoms with van der Waals surface area (Å²) >= 11 is 5.95. The minimum atomic E-state index is -0.692. The Kier molecular flexibility index (Phi) is 6.77. The van der Waals surface area contributed by atoms with Gasteiger partial charge in [-0.15, -0.1) is 0 Å². The number of nitrogens with one attached hydrogen (secondary N) is 1. The first-order valence-electron chi connectivity index (χ1n) is 10.6. The number of nitrogens with zero attached hydrogens (tertiary/aromatic N) is 2. The van der Waals surface area contributed by atoms with Crippen LogP contribution in [0.3, 0.4) is 0 Å². The van der Waals surface area contributed by atoms with Crippen LogP contribution in [0, 0.1) is 0 Å². The van der Waals surface area contributed by atoms with Crippen molar-refractivity contribution >= 4 is 34.0 Å². The summed E-state index contributed by atoms with van der Waals surface area (Å²) in [5, 5.41) is 9.88. The molecule has 0 aliphatic heterocycles. The first-order valence-corrected chi connectivity index (χ1v) is 11.0. The molecule has 3 aromatic carbocycles. The van der Waals surface area contributed by atoms with E-state index in [1.54, 1.807) is 70.7 Å². The molecule has 0 spiro atoms. The highest BCUT2D eigenvalue weighted by molar-refractivity contribution is 6.30. The van der Waals surface area contributed by atoms with Crippen LogP contribution in [0.1, 0.15) is 16.7 Å². The van der Waals surface area contributed by atoms with Gasteiger partial charge >= 0.3 is 5.69 Å². The number of para-hydroxylation sites is 1. The van der Waals surface area contributed by atoms with Crippen molar-refractivity contribution in [1.82, 2.24) is 14.6 Å². The molecule has 0 unspecified atom stereocenters. The Morgan fingerprint density at radius 3 is 2.24 bits per heavy atom. The van der Waals surface area contributed by atoms with E-state index in [0.717, 1.165) is 11.1 Å². The number of hydroxylamine groups is 1. The summed E-state index contributed by atoms with van der Waals surface area (Å²) in [6.07, 6.45) is 0.508. The van der Waals surface area contributed by atoms with Crippen molar-refractivity contribution in [2.45, 2.75) is 19.5 Å². The van der Waals surface area contributed by atoms with Crippen molar-refractivity contribution in [2.75, 3.05) is 0 Å². The number of rotatable bonds is 7. The molecule has 34 heavy (non-hydrogen) atoms. The van der Waals surface area contributed by atoms with Crippen LogP contribution in [-0.2, 0) is 24.3 Å². The van der Waals surface area contributed by atoms with Crippen LogP contribution in [-0.4, -0.2) is 20.2 Å². The summed E-state index contributed by atoms with van der Waals surface area (Å²) in [5.41, 5.74) is 3.82. The third-order valence-electron chi connectivity index (χ3n) is 5.69. The number of carbonyl (C=O) groups is 1. The predicted octanol–water partition coefficient (Wildman–Crippen LogP) is 3.63. The molecule has 4 rings (SSSR count). The summed E-state index contributed by atoms with van der Waals surface area (Å²) in [6, 6.07) is 21.3. The lowest BCUT2D eigenvalue weighted by molar-refractivity contribution is -0.123. The molecule has 0 saturated carbocycles. The Bertz CT molecular complexity index is 1490. The number of hydrogen-bond donors (Lipinski definition) is 2. The van der Waals surface area contributed by atoms with Gasteiger partial charge in [-0.1, -0.05) is 66.7 Å². The number of fused-ring (bicyclic) bond motifs is 1. The molecule has 0 atom stereocenters. The minimum absolute atomic E-state index is 0.118. The van der Waals surface area contributed by atoms with Crippen molar-refractivity contribution in [3.05, 3.63) is 122 Å². The standard InChI is InChI=1S/C26H22ClN3O4/c1-17(24(31)28-34)20-10-6-19(7-11-20)16-30-23-5-3-2-4-22(23)25(32)29(26(30)33)15-14-18-8-12-21(27)13-9-18/h2-13,34H,1,14-16H2,(H,28,31). The topological polar surface area (TPSA) is 93.3 Å². The van der Waals surface area contributed by atoms with Gasteiger partial charge < -0.3 is 0 Å². The molecule has 0 fully saturated rings. The van der Waals surface area contributed by atoms with Gasteiger partial charge in [0.05, 0.1) is 17.4 Å². The fourth-order valence-corrected chi connectivity index (χ4v) is 3.93. The molecular weight excluding hydrogens is 454 g/mol. The Hall–Kier alpha value is -3.94. The number of halogens is 1. The largest absolute Gasteiger partial charge is 0.331 e. The molecule has 0 saturated heterocycles. The van der Waals surface area contributed by atoms with Crippen molar-refractivity contribution < 1.29 is 10.0 Å². The van der Waals surface area contributed by atoms with Gasteiger partial charge in [-0.2, -0.15) is 0 Å². The maximum absolute atomic E-state index is 13.4. The van der Waals surface area contributed by atoms with Crippen LogP contribution >= 0.6 is 11.6 Å². The molecule has 0 radical (unpaired) electrons. The van der Waals surface area contributed by atoms with E-state index in [-0.39, 0.29) is 24.2 Å². The molecular formula is C26H22ClN3O4. The van der Waals surface area contributed by atoms with Crippen LogP contribution in [0.2, 0.25) is 5.02 Å². The molecule has 1 heterocycles. The first kappa shape index (κ1) is 23.2. The number of aromatic nitrogens is 2. The average molecular weight is 476 g/mol. The molecule has 0 aliphatic carbocycles. The second kappa shape index (κ2) is 9.91. The monoisotopic (exact) mass is 475 g/mol. The fourth-order valence-electron chi connectivity index (χ4n) is 3.81. The van der Waals surface area contributed by atoms with Gasteiger partial charge in [-0.05, 0) is 47.4 Å². The highest BCUT2D eigenvalue weighted by atomic mass is 35.5. The normalized spacial score (nSPS) is 10.9. The van der Waals surface area contributed by atoms with Crippen LogP contribution in [0.4, 0.5) is 0 Å². The second-order valence-electron chi connectivity index (χ2n) is 7.84. The number of amides is 1. The number of benzene rings is 3. The smallest absolute Gasteiger partial charge is 0.289 e. The third kappa shape index (κ3) is 4.71. The Balaban J connectivity index is 1.70. The molecule has 8 heteroatoms. The lowest BCUT2D eigenvalue weighted by atomic mass is 10.0. The van der Waals surface area contributed by atoms with Crippen LogP contribution < -0.4 is 16.7 Å². The lowest BCUT2D eigenvalue weighted by Gasteiger charge is -2.15. The van der Waals surface area contributed by atoms with Crippen LogP contribution in [0.15, 0.2) is 89.0 Å². The van der Waals surface area contributed by atoms with Crippen molar-refractivity contribution in [1.29, 1.82) is 0 Å². The van der Waals surface area contributed by atoms with E-state index in [9.17, 15) is 14.4 Å². The van der Waals surface area contributed by atoms with E-state index in [1.807, 2.05) is 12.1 Å². The molecule has 2 N–H and O–H groups in total. The van der Waals surface area contributed by atoms with E-state index in [0.29, 0.717) is 27.9 Å². The predicted molar refractivity (Wildman–Crippen MR) is 132 cm³/mol. The summed E-state index contributed by atoms with van der Waals surface area (Å²) in [5.74, 6) is -0.692. The van der Waals surface area contributed by atoms with Crippen molar-refractivity contribution in [3.8, 4) is 0 Å². The first-order chi connectivity index (χ1) is 16.4. The maximum Gasteiger partial charge on any atom is 0.331 e.